The van der Waals surface area contributed by atoms with E-state index in [9.17, 15) is 4.79 Å². The van der Waals surface area contributed by atoms with Gasteiger partial charge in [-0.2, -0.15) is 0 Å². The van der Waals surface area contributed by atoms with Gasteiger partial charge in [-0.1, -0.05) is 0 Å². The van der Waals surface area contributed by atoms with E-state index < -0.39 is 0 Å². The van der Waals surface area contributed by atoms with Gasteiger partial charge < -0.3 is 4.74 Å². The van der Waals surface area contributed by atoms with Crippen molar-refractivity contribution < 1.29 is 9.53 Å². The summed E-state index contributed by atoms with van der Waals surface area (Å²) in [5.74, 6) is 4.58. The summed E-state index contributed by atoms with van der Waals surface area (Å²) in [6.07, 6.45) is 3.68. The summed E-state index contributed by atoms with van der Waals surface area (Å²) >= 11 is 0. The van der Waals surface area contributed by atoms with Gasteiger partial charge in [0.2, 0.25) is 0 Å². The van der Waals surface area contributed by atoms with Gasteiger partial charge in [0.1, 0.15) is 6.61 Å². The average molecular weight is 144 g/mol. The van der Waals surface area contributed by atoms with Crippen molar-refractivity contribution >= 4 is 5.91 Å². The van der Waals surface area contributed by atoms with Crippen LogP contribution in [0, 0.1) is 0 Å². The van der Waals surface area contributed by atoms with Gasteiger partial charge in [0.15, 0.2) is 0 Å². The van der Waals surface area contributed by atoms with E-state index >= 15 is 0 Å². The molecule has 10 heavy (non-hydrogen) atoms. The number of nitrogens with two attached hydrogens (primary N) is 1. The number of ether oxygens (including phenoxy) is 1. The van der Waals surface area contributed by atoms with Gasteiger partial charge >= 0.3 is 0 Å². The minimum atomic E-state index is -0.258. The zero-order chi connectivity index (χ0) is 7.40. The molecule has 0 aromatic heterocycles. The SMILES string of the molecule is NNC(=O)COC1CCC1. The third-order valence-corrected chi connectivity index (χ3v) is 1.66. The highest BCUT2D eigenvalue weighted by molar-refractivity contribution is 5.76. The molecule has 0 unspecified atom stereocenters. The Morgan fingerprint density at radius 1 is 1.70 bits per heavy atom. The first-order chi connectivity index (χ1) is 4.83. The smallest absolute Gasteiger partial charge is 0.259 e. The van der Waals surface area contributed by atoms with E-state index in [0.717, 1.165) is 12.8 Å². The molecule has 1 aliphatic carbocycles. The van der Waals surface area contributed by atoms with E-state index in [1.807, 2.05) is 5.43 Å². The van der Waals surface area contributed by atoms with Gasteiger partial charge in [-0.3, -0.25) is 10.2 Å². The van der Waals surface area contributed by atoms with Gasteiger partial charge in [0.25, 0.3) is 5.91 Å². The number of carbonyl (C=O) groups excluding carboxylic acids is 1. The molecule has 0 atom stereocenters. The van der Waals surface area contributed by atoms with Crippen molar-refractivity contribution in [1.29, 1.82) is 0 Å². The van der Waals surface area contributed by atoms with Crippen molar-refractivity contribution in [3.8, 4) is 0 Å². The maximum absolute atomic E-state index is 10.5. The first-order valence-electron chi connectivity index (χ1n) is 3.44. The molecule has 1 fully saturated rings. The Morgan fingerprint density at radius 2 is 2.40 bits per heavy atom. The molecule has 58 valence electrons. The molecule has 1 saturated carbocycles. The highest BCUT2D eigenvalue weighted by Crippen LogP contribution is 2.21. The van der Waals surface area contributed by atoms with Gasteiger partial charge in [-0.25, -0.2) is 5.84 Å². The predicted octanol–water partition coefficient (Wildman–Crippen LogP) is -0.455. The summed E-state index contributed by atoms with van der Waals surface area (Å²) in [5.41, 5.74) is 2.00. The van der Waals surface area contributed by atoms with Crippen LogP contribution in [-0.4, -0.2) is 18.6 Å². The Kier molecular flexibility index (Phi) is 2.65. The van der Waals surface area contributed by atoms with Gasteiger partial charge in [0.05, 0.1) is 6.10 Å². The van der Waals surface area contributed by atoms with Crippen LogP contribution in [0.3, 0.4) is 0 Å². The Balaban J connectivity index is 1.98. The van der Waals surface area contributed by atoms with Crippen LogP contribution in [0.5, 0.6) is 0 Å². The predicted molar refractivity (Wildman–Crippen MR) is 35.9 cm³/mol. The van der Waals surface area contributed by atoms with Crippen LogP contribution in [0.15, 0.2) is 0 Å². The second kappa shape index (κ2) is 3.53. The molecule has 3 N–H and O–H groups in total. The normalized spacial score (nSPS) is 18.1. The van der Waals surface area contributed by atoms with Crippen LogP contribution < -0.4 is 11.3 Å². The van der Waals surface area contributed by atoms with Crippen LogP contribution in [0.1, 0.15) is 19.3 Å². The molecule has 1 amide bonds. The molecule has 4 heteroatoms. The highest BCUT2D eigenvalue weighted by Gasteiger charge is 2.18. The van der Waals surface area contributed by atoms with E-state index in [1.54, 1.807) is 0 Å². The number of hydrazine groups is 1. The minimum Gasteiger partial charge on any atom is -0.368 e. The molecule has 1 rings (SSSR count). The summed E-state index contributed by atoms with van der Waals surface area (Å²) in [5, 5.41) is 0. The van der Waals surface area contributed by atoms with Crippen LogP contribution in [0.25, 0.3) is 0 Å². The summed E-state index contributed by atoms with van der Waals surface area (Å²) in [7, 11) is 0. The summed E-state index contributed by atoms with van der Waals surface area (Å²) in [6, 6.07) is 0. The lowest BCUT2D eigenvalue weighted by Gasteiger charge is -2.24. The molecule has 1 aliphatic rings. The fourth-order valence-corrected chi connectivity index (χ4v) is 0.773. The fourth-order valence-electron chi connectivity index (χ4n) is 0.773. The number of hydrogen-bond donors (Lipinski definition) is 2. The summed E-state index contributed by atoms with van der Waals surface area (Å²) < 4.78 is 5.14. The molecule has 0 radical (unpaired) electrons. The lowest BCUT2D eigenvalue weighted by atomic mass is 9.96. The molecule has 0 aromatic carbocycles. The van der Waals surface area contributed by atoms with Crippen molar-refractivity contribution in [3.63, 3.8) is 0 Å². The minimum absolute atomic E-state index is 0.0984. The van der Waals surface area contributed by atoms with E-state index in [2.05, 4.69) is 0 Å². The number of carbonyl (C=O) groups is 1. The third-order valence-electron chi connectivity index (χ3n) is 1.66. The zero-order valence-corrected chi connectivity index (χ0v) is 5.80. The van der Waals surface area contributed by atoms with E-state index in [4.69, 9.17) is 10.6 Å². The molecule has 0 bridgehead atoms. The van der Waals surface area contributed by atoms with Gasteiger partial charge in [-0.05, 0) is 19.3 Å². The second-order valence-electron chi connectivity index (χ2n) is 2.43. The maximum Gasteiger partial charge on any atom is 0.259 e. The topological polar surface area (TPSA) is 64.3 Å². The quantitative estimate of drug-likeness (QED) is 0.320. The number of nitrogens with one attached hydrogen (secondary N) is 1. The molecule has 0 heterocycles. The monoisotopic (exact) mass is 144 g/mol. The Bertz CT molecular complexity index is 123. The Hall–Kier alpha value is -0.610. The summed E-state index contributed by atoms with van der Waals surface area (Å²) in [4.78, 5) is 10.5. The molecule has 0 spiro atoms. The van der Waals surface area contributed by atoms with E-state index in [-0.39, 0.29) is 12.5 Å². The number of hydrogen-bond acceptors (Lipinski definition) is 3. The maximum atomic E-state index is 10.5. The zero-order valence-electron chi connectivity index (χ0n) is 5.80. The first-order valence-corrected chi connectivity index (χ1v) is 3.44. The van der Waals surface area contributed by atoms with Crippen LogP contribution in [-0.2, 0) is 9.53 Å². The van der Waals surface area contributed by atoms with Crippen molar-refractivity contribution in [2.75, 3.05) is 6.61 Å². The fraction of sp³-hybridized carbons (Fsp3) is 0.833. The van der Waals surface area contributed by atoms with Crippen LogP contribution in [0.2, 0.25) is 0 Å². The summed E-state index contributed by atoms with van der Waals surface area (Å²) in [6.45, 7) is 0.0984. The molecule has 0 aliphatic heterocycles. The van der Waals surface area contributed by atoms with Crippen molar-refractivity contribution in [2.24, 2.45) is 5.84 Å². The first kappa shape index (κ1) is 7.50. The lowest BCUT2D eigenvalue weighted by Crippen LogP contribution is -2.35. The van der Waals surface area contributed by atoms with Crippen molar-refractivity contribution in [1.82, 2.24) is 5.43 Å². The van der Waals surface area contributed by atoms with Crippen molar-refractivity contribution in [3.05, 3.63) is 0 Å². The molecule has 0 aromatic rings. The Morgan fingerprint density at radius 3 is 2.80 bits per heavy atom. The van der Waals surface area contributed by atoms with E-state index in [0.29, 0.717) is 6.10 Å². The van der Waals surface area contributed by atoms with E-state index in [1.165, 1.54) is 6.42 Å². The second-order valence-corrected chi connectivity index (χ2v) is 2.43. The van der Waals surface area contributed by atoms with Crippen molar-refractivity contribution in [2.45, 2.75) is 25.4 Å². The molecule has 0 saturated heterocycles. The highest BCUT2D eigenvalue weighted by atomic mass is 16.5. The van der Waals surface area contributed by atoms with Gasteiger partial charge in [-0.15, -0.1) is 0 Å². The third kappa shape index (κ3) is 1.97. The van der Waals surface area contributed by atoms with Crippen LogP contribution in [0.4, 0.5) is 0 Å². The lowest BCUT2D eigenvalue weighted by molar-refractivity contribution is -0.129. The molecular formula is C6H12N2O2. The largest absolute Gasteiger partial charge is 0.368 e. The van der Waals surface area contributed by atoms with Gasteiger partial charge in [0, 0.05) is 0 Å². The van der Waals surface area contributed by atoms with Crippen LogP contribution >= 0.6 is 0 Å². The standard InChI is InChI=1S/C6H12N2O2/c7-8-6(9)4-10-5-2-1-3-5/h5H,1-4,7H2,(H,8,9). The molecular weight excluding hydrogens is 132 g/mol. The number of rotatable bonds is 3. The molecule has 4 nitrogen and oxygen atoms in total. The number of amides is 1. The Labute approximate surface area is 59.7 Å². The average Bonchev–Trinajstić information content (AvgIpc) is 1.84.